The number of pyridine rings is 1. The van der Waals surface area contributed by atoms with E-state index in [2.05, 4.69) is 4.98 Å². The maximum Gasteiger partial charge on any atom is 0.249 e. The molecule has 4 heteroatoms. The molecule has 3 nitrogen and oxygen atoms in total. The van der Waals surface area contributed by atoms with Crippen LogP contribution in [-0.4, -0.2) is 4.98 Å². The highest BCUT2D eigenvalue weighted by molar-refractivity contribution is 14.1. The van der Waals surface area contributed by atoms with Gasteiger partial charge in [-0.3, -0.25) is 4.79 Å². The molecular formula is C6H3IN2O. The molecule has 0 aliphatic carbocycles. The maximum atomic E-state index is 10.6. The Hall–Kier alpha value is -0.830. The molecule has 10 heavy (non-hydrogen) atoms. The van der Waals surface area contributed by atoms with E-state index in [-0.39, 0.29) is 5.56 Å². The van der Waals surface area contributed by atoms with Crippen molar-refractivity contribution in [3.05, 3.63) is 31.8 Å². The summed E-state index contributed by atoms with van der Waals surface area (Å²) in [5.41, 5.74) is 0.182. The molecule has 0 bridgehead atoms. The van der Waals surface area contributed by atoms with Gasteiger partial charge >= 0.3 is 0 Å². The molecule has 1 aromatic rings. The van der Waals surface area contributed by atoms with E-state index in [1.807, 2.05) is 28.7 Å². The number of rotatable bonds is 0. The normalized spacial score (nSPS) is 8.80. The van der Waals surface area contributed by atoms with Gasteiger partial charge in [-0.1, -0.05) is 0 Å². The Kier molecular flexibility index (Phi) is 2.06. The Bertz CT molecular complexity index is 336. The fraction of sp³-hybridized carbons (Fsp3) is 0. The molecule has 1 N–H and O–H groups in total. The summed E-state index contributed by atoms with van der Waals surface area (Å²) in [6.07, 6.45) is 1.52. The molecule has 50 valence electrons. The van der Waals surface area contributed by atoms with Crippen LogP contribution in [0.3, 0.4) is 0 Å². The first kappa shape index (κ1) is 7.28. The molecule has 1 rings (SSSR count). The number of hydrogen-bond donors (Lipinski definition) is 1. The van der Waals surface area contributed by atoms with Crippen molar-refractivity contribution in [2.45, 2.75) is 0 Å². The second-order valence-electron chi connectivity index (χ2n) is 1.67. The molecule has 0 fully saturated rings. The zero-order valence-corrected chi connectivity index (χ0v) is 7.05. The van der Waals surface area contributed by atoms with Gasteiger partial charge < -0.3 is 4.98 Å². The third-order valence-electron chi connectivity index (χ3n) is 0.994. The zero-order chi connectivity index (χ0) is 7.56. The molecule has 0 radical (unpaired) electrons. The summed E-state index contributed by atoms with van der Waals surface area (Å²) >= 11 is 1.98. The zero-order valence-electron chi connectivity index (χ0n) is 4.89. The number of H-pyrrole nitrogens is 1. The first-order valence-corrected chi connectivity index (χ1v) is 3.60. The highest BCUT2D eigenvalue weighted by atomic mass is 127. The minimum atomic E-state index is -0.239. The Morgan fingerprint density at radius 2 is 2.40 bits per heavy atom. The lowest BCUT2D eigenvalue weighted by Crippen LogP contribution is -2.04. The van der Waals surface area contributed by atoms with E-state index in [1.165, 1.54) is 12.3 Å². The van der Waals surface area contributed by atoms with Gasteiger partial charge in [0.25, 0.3) is 0 Å². The first-order valence-electron chi connectivity index (χ1n) is 2.52. The highest BCUT2D eigenvalue weighted by Crippen LogP contribution is 2.04. The lowest BCUT2D eigenvalue weighted by atomic mass is 10.3. The Morgan fingerprint density at radius 3 is 2.90 bits per heavy atom. The molecule has 0 spiro atoms. The van der Waals surface area contributed by atoms with E-state index in [0.29, 0.717) is 5.56 Å². The fourth-order valence-corrected chi connectivity index (χ4v) is 0.972. The van der Waals surface area contributed by atoms with Crippen molar-refractivity contribution in [2.24, 2.45) is 0 Å². The number of nitriles is 1. The summed E-state index contributed by atoms with van der Waals surface area (Å²) in [6, 6.07) is 3.19. The third kappa shape index (κ3) is 1.36. The van der Waals surface area contributed by atoms with Crippen molar-refractivity contribution in [2.75, 3.05) is 0 Å². The van der Waals surface area contributed by atoms with Crippen LogP contribution in [0, 0.1) is 14.9 Å². The summed E-state index contributed by atoms with van der Waals surface area (Å²) in [5.74, 6) is 0. The molecule has 1 aromatic heterocycles. The Labute approximate surface area is 70.8 Å². The number of nitrogens with one attached hydrogen (secondary N) is 1. The van der Waals surface area contributed by atoms with Gasteiger partial charge in [0.15, 0.2) is 0 Å². The number of aromatic nitrogens is 1. The Balaban J connectivity index is 3.40. The van der Waals surface area contributed by atoms with E-state index in [0.717, 1.165) is 3.57 Å². The number of hydrogen-bond acceptors (Lipinski definition) is 2. The largest absolute Gasteiger partial charge is 0.328 e. The monoisotopic (exact) mass is 246 g/mol. The van der Waals surface area contributed by atoms with Gasteiger partial charge in [-0.2, -0.15) is 5.26 Å². The third-order valence-corrected chi connectivity index (χ3v) is 1.89. The van der Waals surface area contributed by atoms with Gasteiger partial charge in [0.2, 0.25) is 5.56 Å². The van der Waals surface area contributed by atoms with Crippen molar-refractivity contribution in [3.63, 3.8) is 0 Å². The first-order chi connectivity index (χ1) is 4.74. The average molecular weight is 246 g/mol. The summed E-state index contributed by atoms with van der Waals surface area (Å²) in [4.78, 5) is 13.1. The molecule has 0 amide bonds. The number of halogens is 1. The molecule has 0 saturated heterocycles. The minimum absolute atomic E-state index is 0.239. The maximum absolute atomic E-state index is 10.6. The van der Waals surface area contributed by atoms with Gasteiger partial charge in [-0.05, 0) is 22.6 Å². The molecule has 0 aliphatic rings. The van der Waals surface area contributed by atoms with Crippen LogP contribution in [0.5, 0.6) is 0 Å². The van der Waals surface area contributed by atoms with Crippen LogP contribution in [-0.2, 0) is 0 Å². The topological polar surface area (TPSA) is 56.6 Å². The molecule has 0 aromatic carbocycles. The van der Waals surface area contributed by atoms with E-state index in [4.69, 9.17) is 5.26 Å². The molecule has 0 aliphatic heterocycles. The van der Waals surface area contributed by atoms with Crippen molar-refractivity contribution < 1.29 is 0 Å². The van der Waals surface area contributed by atoms with Crippen molar-refractivity contribution in [3.8, 4) is 6.07 Å². The molecule has 1 heterocycles. The Morgan fingerprint density at radius 1 is 1.70 bits per heavy atom. The SMILES string of the molecule is N#Cc1cc(=O)[nH]cc1I. The van der Waals surface area contributed by atoms with Crippen molar-refractivity contribution >= 4 is 22.6 Å². The van der Waals surface area contributed by atoms with Gasteiger partial charge in [-0.15, -0.1) is 0 Å². The smallest absolute Gasteiger partial charge is 0.249 e. The lowest BCUT2D eigenvalue weighted by molar-refractivity contribution is 1.21. The van der Waals surface area contributed by atoms with Crippen LogP contribution in [0.15, 0.2) is 17.1 Å². The molecule has 0 unspecified atom stereocenters. The van der Waals surface area contributed by atoms with Gasteiger partial charge in [-0.25, -0.2) is 0 Å². The van der Waals surface area contributed by atoms with Crippen LogP contribution < -0.4 is 5.56 Å². The second-order valence-corrected chi connectivity index (χ2v) is 2.83. The predicted molar refractivity (Wildman–Crippen MR) is 44.5 cm³/mol. The molecular weight excluding hydrogens is 243 g/mol. The summed E-state index contributed by atoms with van der Waals surface area (Å²) in [6.45, 7) is 0. The van der Waals surface area contributed by atoms with Gasteiger partial charge in [0.05, 0.1) is 5.56 Å². The van der Waals surface area contributed by atoms with Crippen LogP contribution in [0.2, 0.25) is 0 Å². The van der Waals surface area contributed by atoms with Crippen LogP contribution in [0.25, 0.3) is 0 Å². The van der Waals surface area contributed by atoms with Crippen molar-refractivity contribution in [1.29, 1.82) is 5.26 Å². The van der Waals surface area contributed by atoms with E-state index in [1.54, 1.807) is 0 Å². The van der Waals surface area contributed by atoms with Gasteiger partial charge in [0.1, 0.15) is 6.07 Å². The average Bonchev–Trinajstić information content (AvgIpc) is 1.94. The summed E-state index contributed by atoms with van der Waals surface area (Å²) in [5, 5.41) is 8.44. The standard InChI is InChI=1S/C6H3IN2O/c7-5-3-9-6(10)1-4(5)2-8/h1,3H,(H,9,10). The molecule has 0 atom stereocenters. The second kappa shape index (κ2) is 2.84. The minimum Gasteiger partial charge on any atom is -0.328 e. The quantitative estimate of drug-likeness (QED) is 0.690. The van der Waals surface area contributed by atoms with E-state index in [9.17, 15) is 4.79 Å². The van der Waals surface area contributed by atoms with Crippen LogP contribution >= 0.6 is 22.6 Å². The molecule has 0 saturated carbocycles. The van der Waals surface area contributed by atoms with E-state index < -0.39 is 0 Å². The lowest BCUT2D eigenvalue weighted by Gasteiger charge is -1.89. The van der Waals surface area contributed by atoms with Crippen LogP contribution in [0.1, 0.15) is 5.56 Å². The van der Waals surface area contributed by atoms with E-state index >= 15 is 0 Å². The van der Waals surface area contributed by atoms with Crippen molar-refractivity contribution in [1.82, 2.24) is 4.98 Å². The fourth-order valence-electron chi connectivity index (χ4n) is 0.540. The number of aromatic amines is 1. The number of nitrogens with zero attached hydrogens (tertiary/aromatic N) is 1. The summed E-state index contributed by atoms with van der Waals surface area (Å²) in [7, 11) is 0. The highest BCUT2D eigenvalue weighted by Gasteiger charge is 1.96. The predicted octanol–water partition coefficient (Wildman–Crippen LogP) is 0.851. The van der Waals surface area contributed by atoms with Gasteiger partial charge in [0, 0.05) is 15.8 Å². The summed E-state index contributed by atoms with van der Waals surface area (Å²) < 4.78 is 0.764. The van der Waals surface area contributed by atoms with Crippen LogP contribution in [0.4, 0.5) is 0 Å².